The lowest BCUT2D eigenvalue weighted by atomic mass is 10.0. The van der Waals surface area contributed by atoms with E-state index in [1.54, 1.807) is 17.0 Å². The minimum atomic E-state index is -1.57. The summed E-state index contributed by atoms with van der Waals surface area (Å²) in [5.74, 6) is 0.0310. The predicted octanol–water partition coefficient (Wildman–Crippen LogP) is 2.07. The lowest BCUT2D eigenvalue weighted by Gasteiger charge is -2.26. The topological polar surface area (TPSA) is 76.9 Å². The standard InChI is InChI=1S/C24H29FN4O4S/c25-20-3-1-2-18-22-19(15-34(31)23(18)20)21(24(30)28-7-10-32-11-8-28)26-29(22)17-4-6-27(13-17)12-16-5-9-33-14-16/h1-3,16-17H,4-15H2. The average molecular weight is 489 g/mol. The molecule has 0 spiro atoms. The number of fused-ring (bicyclic) bond motifs is 3. The summed E-state index contributed by atoms with van der Waals surface area (Å²) in [5, 5.41) is 4.85. The number of morpholine rings is 1. The van der Waals surface area contributed by atoms with Gasteiger partial charge in [-0.3, -0.25) is 13.7 Å². The number of likely N-dealkylation sites (tertiary alicyclic amines) is 1. The number of nitrogens with zero attached hydrogens (tertiary/aromatic N) is 4. The van der Waals surface area contributed by atoms with Gasteiger partial charge in [-0.15, -0.1) is 0 Å². The van der Waals surface area contributed by atoms with E-state index in [-0.39, 0.29) is 22.6 Å². The molecule has 3 fully saturated rings. The number of hydrogen-bond acceptors (Lipinski definition) is 6. The molecule has 1 amide bonds. The van der Waals surface area contributed by atoms with E-state index in [4.69, 9.17) is 14.6 Å². The lowest BCUT2D eigenvalue weighted by Crippen LogP contribution is -2.41. The number of carbonyl (C=O) groups excluding carboxylic acids is 1. The van der Waals surface area contributed by atoms with Gasteiger partial charge >= 0.3 is 0 Å². The summed E-state index contributed by atoms with van der Waals surface area (Å²) >= 11 is 0. The summed E-state index contributed by atoms with van der Waals surface area (Å²) in [6.07, 6.45) is 2.00. The number of halogens is 1. The molecule has 3 unspecified atom stereocenters. The molecule has 5 heterocycles. The lowest BCUT2D eigenvalue weighted by molar-refractivity contribution is 0.0297. The van der Waals surface area contributed by atoms with E-state index >= 15 is 0 Å². The fourth-order valence-electron chi connectivity index (χ4n) is 5.64. The van der Waals surface area contributed by atoms with Crippen LogP contribution in [0.2, 0.25) is 0 Å². The Balaban J connectivity index is 1.38. The molecule has 6 rings (SSSR count). The summed E-state index contributed by atoms with van der Waals surface area (Å²) < 4.78 is 40.7. The molecule has 4 aliphatic heterocycles. The number of carbonyl (C=O) groups is 1. The van der Waals surface area contributed by atoms with E-state index < -0.39 is 16.6 Å². The first-order chi connectivity index (χ1) is 16.6. The second-order valence-corrected chi connectivity index (χ2v) is 11.0. The number of rotatable bonds is 4. The van der Waals surface area contributed by atoms with Crippen molar-refractivity contribution in [3.8, 4) is 11.3 Å². The van der Waals surface area contributed by atoms with Gasteiger partial charge in [0.05, 0.1) is 53.0 Å². The highest BCUT2D eigenvalue weighted by atomic mass is 32.2. The second kappa shape index (κ2) is 9.14. The third-order valence-electron chi connectivity index (χ3n) is 7.37. The van der Waals surface area contributed by atoms with Crippen molar-refractivity contribution in [2.75, 3.05) is 59.2 Å². The van der Waals surface area contributed by atoms with Crippen LogP contribution < -0.4 is 0 Å². The molecule has 0 aliphatic carbocycles. The number of amides is 1. The Bertz CT molecular complexity index is 1130. The Morgan fingerprint density at radius 3 is 2.79 bits per heavy atom. The monoisotopic (exact) mass is 488 g/mol. The van der Waals surface area contributed by atoms with Crippen molar-refractivity contribution in [1.82, 2.24) is 19.6 Å². The summed E-state index contributed by atoms with van der Waals surface area (Å²) in [7, 11) is -1.57. The van der Waals surface area contributed by atoms with E-state index in [0.717, 1.165) is 51.4 Å². The molecule has 0 N–H and O–H groups in total. The quantitative estimate of drug-likeness (QED) is 0.656. The minimum absolute atomic E-state index is 0.0740. The van der Waals surface area contributed by atoms with Crippen molar-refractivity contribution in [2.45, 2.75) is 29.5 Å². The Hall–Kier alpha value is -2.14. The van der Waals surface area contributed by atoms with E-state index in [1.807, 2.05) is 4.68 Å². The maximum absolute atomic E-state index is 14.7. The SMILES string of the molecule is O=C(c1nn(C2CCN(CC3CCOC3)C2)c2c1CS(=O)c1c(F)cccc1-2)N1CCOCC1. The fourth-order valence-corrected chi connectivity index (χ4v) is 7.02. The maximum Gasteiger partial charge on any atom is 0.274 e. The summed E-state index contributed by atoms with van der Waals surface area (Å²) in [5.41, 5.74) is 2.37. The molecule has 1 aromatic heterocycles. The van der Waals surface area contributed by atoms with Gasteiger partial charge < -0.3 is 19.3 Å². The molecule has 8 nitrogen and oxygen atoms in total. The number of benzene rings is 1. The second-order valence-electron chi connectivity index (χ2n) is 9.56. The highest BCUT2D eigenvalue weighted by molar-refractivity contribution is 7.84. The van der Waals surface area contributed by atoms with Crippen LogP contribution in [0.15, 0.2) is 23.1 Å². The van der Waals surface area contributed by atoms with Crippen molar-refractivity contribution >= 4 is 16.7 Å². The van der Waals surface area contributed by atoms with Gasteiger partial charge in [0.25, 0.3) is 5.91 Å². The van der Waals surface area contributed by atoms with Gasteiger partial charge in [0, 0.05) is 50.5 Å². The summed E-state index contributed by atoms with van der Waals surface area (Å²) in [4.78, 5) is 17.9. The molecule has 10 heteroatoms. The van der Waals surface area contributed by atoms with E-state index in [2.05, 4.69) is 4.90 Å². The first-order valence-corrected chi connectivity index (χ1v) is 13.4. The van der Waals surface area contributed by atoms with Crippen LogP contribution in [0.3, 0.4) is 0 Å². The molecule has 0 saturated carbocycles. The van der Waals surface area contributed by atoms with Crippen LogP contribution in [0.4, 0.5) is 4.39 Å². The molecule has 2 aromatic rings. The van der Waals surface area contributed by atoms with Gasteiger partial charge in [0.2, 0.25) is 0 Å². The summed E-state index contributed by atoms with van der Waals surface area (Å²) in [6.45, 7) is 6.43. The normalized spacial score (nSPS) is 27.1. The molecule has 34 heavy (non-hydrogen) atoms. The van der Waals surface area contributed by atoms with Crippen molar-refractivity contribution in [2.24, 2.45) is 5.92 Å². The van der Waals surface area contributed by atoms with Crippen LogP contribution in [-0.4, -0.2) is 88.8 Å². The zero-order valence-corrected chi connectivity index (χ0v) is 19.9. The minimum Gasteiger partial charge on any atom is -0.381 e. The zero-order valence-electron chi connectivity index (χ0n) is 19.1. The van der Waals surface area contributed by atoms with Gasteiger partial charge in [0.15, 0.2) is 5.69 Å². The van der Waals surface area contributed by atoms with Gasteiger partial charge in [-0.1, -0.05) is 12.1 Å². The van der Waals surface area contributed by atoms with Crippen LogP contribution in [0.5, 0.6) is 0 Å². The van der Waals surface area contributed by atoms with Crippen molar-refractivity contribution in [3.05, 3.63) is 35.3 Å². The first kappa shape index (κ1) is 22.3. The molecule has 3 saturated heterocycles. The van der Waals surface area contributed by atoms with Crippen LogP contribution in [0.25, 0.3) is 11.3 Å². The van der Waals surface area contributed by atoms with Crippen LogP contribution >= 0.6 is 0 Å². The molecular formula is C24H29FN4O4S. The molecule has 4 aliphatic rings. The predicted molar refractivity (Wildman–Crippen MR) is 123 cm³/mol. The van der Waals surface area contributed by atoms with Crippen molar-refractivity contribution in [1.29, 1.82) is 0 Å². The van der Waals surface area contributed by atoms with Crippen molar-refractivity contribution < 1.29 is 22.9 Å². The van der Waals surface area contributed by atoms with Gasteiger partial charge in [0.1, 0.15) is 5.82 Å². The van der Waals surface area contributed by atoms with Gasteiger partial charge in [-0.2, -0.15) is 5.10 Å². The smallest absolute Gasteiger partial charge is 0.274 e. The largest absolute Gasteiger partial charge is 0.381 e. The summed E-state index contributed by atoms with van der Waals surface area (Å²) in [6, 6.07) is 4.87. The van der Waals surface area contributed by atoms with E-state index in [1.165, 1.54) is 6.07 Å². The molecule has 1 aromatic carbocycles. The highest BCUT2D eigenvalue weighted by Crippen LogP contribution is 2.41. The van der Waals surface area contributed by atoms with E-state index in [9.17, 15) is 13.4 Å². The Labute approximate surface area is 200 Å². The first-order valence-electron chi connectivity index (χ1n) is 12.1. The van der Waals surface area contributed by atoms with Crippen LogP contribution in [0.1, 0.15) is 34.9 Å². The molecule has 182 valence electrons. The zero-order chi connectivity index (χ0) is 23.2. The van der Waals surface area contributed by atoms with Crippen LogP contribution in [-0.2, 0) is 26.0 Å². The number of hydrogen-bond donors (Lipinski definition) is 0. The fraction of sp³-hybridized carbons (Fsp3) is 0.583. The third-order valence-corrected chi connectivity index (χ3v) is 8.79. The maximum atomic E-state index is 14.7. The van der Waals surface area contributed by atoms with Gasteiger partial charge in [-0.25, -0.2) is 4.39 Å². The number of ether oxygens (including phenoxy) is 2. The van der Waals surface area contributed by atoms with Crippen molar-refractivity contribution in [3.63, 3.8) is 0 Å². The molecule has 0 radical (unpaired) electrons. The average Bonchev–Trinajstić information content (AvgIpc) is 3.60. The molecule has 3 atom stereocenters. The Morgan fingerprint density at radius 2 is 2.00 bits per heavy atom. The van der Waals surface area contributed by atoms with E-state index in [0.29, 0.717) is 49.0 Å². The number of aromatic nitrogens is 2. The Kier molecular flexibility index (Phi) is 6.00. The highest BCUT2D eigenvalue weighted by Gasteiger charge is 2.38. The van der Waals surface area contributed by atoms with Gasteiger partial charge in [-0.05, 0) is 24.8 Å². The Morgan fingerprint density at radius 1 is 1.15 bits per heavy atom. The molecular weight excluding hydrogens is 459 g/mol. The van der Waals surface area contributed by atoms with Crippen LogP contribution in [0, 0.1) is 11.7 Å². The third kappa shape index (κ3) is 3.90. The molecule has 0 bridgehead atoms.